The fourth-order valence-electron chi connectivity index (χ4n) is 2.57. The number of nitrogens with zero attached hydrogens (tertiary/aromatic N) is 1. The number of para-hydroxylation sites is 2. The molecule has 2 N–H and O–H groups in total. The Morgan fingerprint density at radius 3 is 2.57 bits per heavy atom. The molecule has 0 aliphatic carbocycles. The first-order valence-corrected chi connectivity index (χ1v) is 8.99. The highest BCUT2D eigenvalue weighted by Gasteiger charge is 2.11. The van der Waals surface area contributed by atoms with Crippen LogP contribution in [0.15, 0.2) is 66.9 Å². The third kappa shape index (κ3) is 5.01. The lowest BCUT2D eigenvalue weighted by atomic mass is 10.2. The molecule has 6 heteroatoms. The average molecular weight is 377 g/mol. The third-order valence-electron chi connectivity index (χ3n) is 3.87. The number of methoxy groups -OCH3 is 1. The van der Waals surface area contributed by atoms with E-state index in [1.165, 1.54) is 6.20 Å². The minimum Gasteiger partial charge on any atom is -0.497 e. The highest BCUT2D eigenvalue weighted by atomic mass is 16.5. The summed E-state index contributed by atoms with van der Waals surface area (Å²) in [5.41, 5.74) is 1.93. The Balaban J connectivity index is 1.69. The summed E-state index contributed by atoms with van der Waals surface area (Å²) in [6.45, 7) is 3.88. The largest absolute Gasteiger partial charge is 0.497 e. The van der Waals surface area contributed by atoms with E-state index in [4.69, 9.17) is 9.47 Å². The zero-order valence-electron chi connectivity index (χ0n) is 16.1. The fraction of sp³-hybridized carbons (Fsp3) is 0.182. The van der Waals surface area contributed by atoms with Crippen LogP contribution >= 0.6 is 0 Å². The van der Waals surface area contributed by atoms with Crippen molar-refractivity contribution in [3.8, 4) is 11.5 Å². The lowest BCUT2D eigenvalue weighted by molar-refractivity contribution is 0.102. The fourth-order valence-corrected chi connectivity index (χ4v) is 2.57. The van der Waals surface area contributed by atoms with Gasteiger partial charge in [-0.05, 0) is 50.2 Å². The van der Waals surface area contributed by atoms with E-state index in [9.17, 15) is 4.79 Å². The molecule has 1 aromatic heterocycles. The van der Waals surface area contributed by atoms with Gasteiger partial charge in [-0.3, -0.25) is 4.79 Å². The lowest BCUT2D eigenvalue weighted by Crippen LogP contribution is -2.14. The minimum absolute atomic E-state index is 0.0155. The molecule has 3 rings (SSSR count). The van der Waals surface area contributed by atoms with Crippen molar-refractivity contribution in [2.75, 3.05) is 17.7 Å². The van der Waals surface area contributed by atoms with Gasteiger partial charge in [0.1, 0.15) is 17.3 Å². The number of carbonyl (C=O) groups excluding carboxylic acids is 1. The number of nitrogens with one attached hydrogen (secondary N) is 2. The quantitative estimate of drug-likeness (QED) is 0.614. The third-order valence-corrected chi connectivity index (χ3v) is 3.87. The normalized spacial score (nSPS) is 10.4. The van der Waals surface area contributed by atoms with Crippen LogP contribution in [0.25, 0.3) is 0 Å². The van der Waals surface area contributed by atoms with E-state index < -0.39 is 0 Å². The first-order chi connectivity index (χ1) is 13.5. The molecule has 0 fully saturated rings. The smallest absolute Gasteiger partial charge is 0.257 e. The number of anilines is 3. The predicted molar refractivity (Wildman–Crippen MR) is 111 cm³/mol. The van der Waals surface area contributed by atoms with Gasteiger partial charge in [0.25, 0.3) is 5.91 Å². The van der Waals surface area contributed by atoms with Crippen molar-refractivity contribution >= 4 is 23.1 Å². The minimum atomic E-state index is -0.250. The summed E-state index contributed by atoms with van der Waals surface area (Å²) in [5, 5.41) is 6.06. The van der Waals surface area contributed by atoms with Gasteiger partial charge in [-0.15, -0.1) is 0 Å². The van der Waals surface area contributed by atoms with Crippen LogP contribution in [-0.2, 0) is 0 Å². The molecular formula is C22H23N3O3. The van der Waals surface area contributed by atoms with E-state index in [2.05, 4.69) is 15.6 Å². The van der Waals surface area contributed by atoms with E-state index in [0.717, 1.165) is 11.4 Å². The van der Waals surface area contributed by atoms with Gasteiger partial charge in [0.05, 0.1) is 24.5 Å². The Labute approximate surface area is 164 Å². The van der Waals surface area contributed by atoms with E-state index in [0.29, 0.717) is 22.8 Å². The van der Waals surface area contributed by atoms with Gasteiger partial charge in [0.15, 0.2) is 0 Å². The van der Waals surface area contributed by atoms with Gasteiger partial charge in [-0.2, -0.15) is 0 Å². The van der Waals surface area contributed by atoms with E-state index in [1.807, 2.05) is 62.4 Å². The van der Waals surface area contributed by atoms with E-state index >= 15 is 0 Å². The zero-order chi connectivity index (χ0) is 19.9. The van der Waals surface area contributed by atoms with Crippen LogP contribution in [0.5, 0.6) is 11.5 Å². The number of amides is 1. The monoisotopic (exact) mass is 377 g/mol. The molecule has 28 heavy (non-hydrogen) atoms. The number of ether oxygens (including phenoxy) is 2. The topological polar surface area (TPSA) is 72.5 Å². The summed E-state index contributed by atoms with van der Waals surface area (Å²) in [4.78, 5) is 16.9. The maximum atomic E-state index is 12.6. The molecule has 2 aromatic carbocycles. The SMILES string of the molecule is COc1cccc(Nc2ccc(C(=O)Nc3ccccc3OC(C)C)cn2)c1. The number of pyridine rings is 1. The van der Waals surface area contributed by atoms with Crippen LogP contribution in [0.3, 0.4) is 0 Å². The maximum Gasteiger partial charge on any atom is 0.257 e. The molecule has 0 saturated carbocycles. The van der Waals surface area contributed by atoms with Gasteiger partial charge in [0.2, 0.25) is 0 Å². The van der Waals surface area contributed by atoms with Crippen LogP contribution in [0.2, 0.25) is 0 Å². The summed E-state index contributed by atoms with van der Waals surface area (Å²) in [6.07, 6.45) is 1.55. The molecule has 0 aliphatic rings. The van der Waals surface area contributed by atoms with Crippen molar-refractivity contribution in [3.05, 3.63) is 72.4 Å². The van der Waals surface area contributed by atoms with Gasteiger partial charge in [-0.1, -0.05) is 18.2 Å². The molecule has 0 atom stereocenters. The predicted octanol–water partition coefficient (Wildman–Crippen LogP) is 4.87. The highest BCUT2D eigenvalue weighted by molar-refractivity contribution is 6.04. The van der Waals surface area contributed by atoms with Gasteiger partial charge in [-0.25, -0.2) is 4.98 Å². The molecule has 0 aliphatic heterocycles. The van der Waals surface area contributed by atoms with E-state index in [-0.39, 0.29) is 12.0 Å². The molecule has 1 amide bonds. The highest BCUT2D eigenvalue weighted by Crippen LogP contribution is 2.25. The van der Waals surface area contributed by atoms with Crippen LogP contribution in [-0.4, -0.2) is 24.1 Å². The number of benzene rings is 2. The van der Waals surface area contributed by atoms with Crippen molar-refractivity contribution in [3.63, 3.8) is 0 Å². The zero-order valence-corrected chi connectivity index (χ0v) is 16.1. The van der Waals surface area contributed by atoms with Crippen molar-refractivity contribution in [2.24, 2.45) is 0 Å². The lowest BCUT2D eigenvalue weighted by Gasteiger charge is -2.14. The molecular weight excluding hydrogens is 354 g/mol. The molecule has 6 nitrogen and oxygen atoms in total. The van der Waals surface area contributed by atoms with Crippen LogP contribution in [0.4, 0.5) is 17.2 Å². The van der Waals surface area contributed by atoms with Gasteiger partial charge >= 0.3 is 0 Å². The van der Waals surface area contributed by atoms with Crippen molar-refractivity contribution in [1.82, 2.24) is 4.98 Å². The summed E-state index contributed by atoms with van der Waals surface area (Å²) in [7, 11) is 1.62. The Hall–Kier alpha value is -3.54. The second-order valence-corrected chi connectivity index (χ2v) is 6.41. The number of hydrogen-bond acceptors (Lipinski definition) is 5. The molecule has 144 valence electrons. The van der Waals surface area contributed by atoms with Crippen LogP contribution in [0, 0.1) is 0 Å². The summed E-state index contributed by atoms with van der Waals surface area (Å²) < 4.78 is 10.9. The Bertz CT molecular complexity index is 940. The molecule has 0 saturated heterocycles. The molecule has 0 radical (unpaired) electrons. The first-order valence-electron chi connectivity index (χ1n) is 8.99. The van der Waals surface area contributed by atoms with Crippen LogP contribution < -0.4 is 20.1 Å². The van der Waals surface area contributed by atoms with Crippen molar-refractivity contribution in [2.45, 2.75) is 20.0 Å². The molecule has 3 aromatic rings. The number of rotatable bonds is 7. The molecule has 0 unspecified atom stereocenters. The van der Waals surface area contributed by atoms with Crippen molar-refractivity contribution < 1.29 is 14.3 Å². The Morgan fingerprint density at radius 2 is 1.86 bits per heavy atom. The van der Waals surface area contributed by atoms with Gasteiger partial charge in [0, 0.05) is 18.0 Å². The summed E-state index contributed by atoms with van der Waals surface area (Å²) in [6, 6.07) is 18.4. The average Bonchev–Trinajstić information content (AvgIpc) is 2.70. The van der Waals surface area contributed by atoms with Gasteiger partial charge < -0.3 is 20.1 Å². The standard InChI is InChI=1S/C22H23N3O3/c1-15(2)28-20-10-5-4-9-19(20)25-22(26)16-11-12-21(23-14-16)24-17-7-6-8-18(13-17)27-3/h4-15H,1-3H3,(H,23,24)(H,25,26). The second kappa shape index (κ2) is 8.90. The van der Waals surface area contributed by atoms with Crippen molar-refractivity contribution in [1.29, 1.82) is 0 Å². The Morgan fingerprint density at radius 1 is 1.04 bits per heavy atom. The number of hydrogen-bond donors (Lipinski definition) is 2. The number of carbonyl (C=O) groups is 1. The second-order valence-electron chi connectivity index (χ2n) is 6.41. The molecule has 0 bridgehead atoms. The van der Waals surface area contributed by atoms with Crippen LogP contribution in [0.1, 0.15) is 24.2 Å². The molecule has 0 spiro atoms. The molecule has 1 heterocycles. The maximum absolute atomic E-state index is 12.6. The number of aromatic nitrogens is 1. The summed E-state index contributed by atoms with van der Waals surface area (Å²) in [5.74, 6) is 1.77. The first kappa shape index (κ1) is 19.2. The Kier molecular flexibility index (Phi) is 6.11. The van der Waals surface area contributed by atoms with E-state index in [1.54, 1.807) is 19.2 Å². The summed E-state index contributed by atoms with van der Waals surface area (Å²) >= 11 is 0.